The van der Waals surface area contributed by atoms with Gasteiger partial charge in [-0.3, -0.25) is 4.79 Å². The molecule has 2 N–H and O–H groups in total. The van der Waals surface area contributed by atoms with E-state index in [1.807, 2.05) is 24.3 Å². The Morgan fingerprint density at radius 2 is 2.00 bits per heavy atom. The largest absolute Gasteiger partial charge is 0.489 e. The van der Waals surface area contributed by atoms with E-state index in [0.29, 0.717) is 18.1 Å². The van der Waals surface area contributed by atoms with Gasteiger partial charge >= 0.3 is 0 Å². The summed E-state index contributed by atoms with van der Waals surface area (Å²) in [4.78, 5) is 12.6. The van der Waals surface area contributed by atoms with Gasteiger partial charge in [0.25, 0.3) is 0 Å². The molecule has 0 bridgehead atoms. The van der Waals surface area contributed by atoms with Gasteiger partial charge in [-0.2, -0.15) is 0 Å². The van der Waals surface area contributed by atoms with Crippen LogP contribution in [0, 0.1) is 13.8 Å². The van der Waals surface area contributed by atoms with Crippen LogP contribution in [0.5, 0.6) is 5.75 Å². The van der Waals surface area contributed by atoms with E-state index in [9.17, 15) is 4.79 Å². The molecule has 0 aromatic heterocycles. The Labute approximate surface area is 171 Å². The van der Waals surface area contributed by atoms with Crippen molar-refractivity contribution in [3.05, 3.63) is 76.0 Å². The number of hydrogen-bond donors (Lipinski definition) is 2. The Morgan fingerprint density at radius 1 is 1.14 bits per heavy atom. The highest BCUT2D eigenvalue weighted by Gasteiger charge is 2.33. The Bertz CT molecular complexity index is 980. The first-order chi connectivity index (χ1) is 13.5. The topological polar surface area (TPSA) is 50.4 Å². The molecule has 1 aliphatic carbocycles. The average molecular weight is 393 g/mol. The maximum Gasteiger partial charge on any atom is 0.171 e. The number of ketones is 1. The summed E-state index contributed by atoms with van der Waals surface area (Å²) >= 11 is 5.37. The summed E-state index contributed by atoms with van der Waals surface area (Å²) in [5, 5.41) is 7.00. The van der Waals surface area contributed by atoms with Crippen LogP contribution in [-0.2, 0) is 11.4 Å². The summed E-state index contributed by atoms with van der Waals surface area (Å²) in [5.74, 6) is 0.977. The summed E-state index contributed by atoms with van der Waals surface area (Å²) in [6.45, 7) is 4.70. The molecule has 0 fully saturated rings. The molecule has 1 unspecified atom stereocenters. The van der Waals surface area contributed by atoms with E-state index in [1.54, 1.807) is 0 Å². The maximum atomic E-state index is 12.6. The highest BCUT2D eigenvalue weighted by molar-refractivity contribution is 7.80. The van der Waals surface area contributed by atoms with E-state index in [-0.39, 0.29) is 11.8 Å². The van der Waals surface area contributed by atoms with Crippen molar-refractivity contribution >= 4 is 23.1 Å². The molecule has 28 heavy (non-hydrogen) atoms. The fourth-order valence-corrected chi connectivity index (χ4v) is 4.10. The lowest BCUT2D eigenvalue weighted by molar-refractivity contribution is -0.116. The molecule has 1 aliphatic heterocycles. The van der Waals surface area contributed by atoms with Crippen LogP contribution in [0.25, 0.3) is 0 Å². The van der Waals surface area contributed by atoms with Gasteiger partial charge < -0.3 is 15.4 Å². The van der Waals surface area contributed by atoms with Crippen LogP contribution in [0.2, 0.25) is 0 Å². The molecule has 4 rings (SSSR count). The number of benzene rings is 2. The lowest BCUT2D eigenvalue weighted by atomic mass is 9.85. The van der Waals surface area contributed by atoms with Crippen molar-refractivity contribution in [1.82, 2.24) is 10.6 Å². The zero-order valence-electron chi connectivity index (χ0n) is 16.2. The van der Waals surface area contributed by atoms with Gasteiger partial charge in [0.1, 0.15) is 12.4 Å². The molecule has 0 spiro atoms. The number of rotatable bonds is 4. The minimum atomic E-state index is -0.221. The van der Waals surface area contributed by atoms with Crippen molar-refractivity contribution in [3.63, 3.8) is 0 Å². The molecular formula is C23H24N2O2S. The van der Waals surface area contributed by atoms with Crippen LogP contribution in [0.1, 0.15) is 47.6 Å². The fraction of sp³-hybridized carbons (Fsp3) is 0.304. The van der Waals surface area contributed by atoms with E-state index in [2.05, 4.69) is 42.7 Å². The molecule has 1 heterocycles. The highest BCUT2D eigenvalue weighted by atomic mass is 32.1. The summed E-state index contributed by atoms with van der Waals surface area (Å²) < 4.78 is 6.07. The van der Waals surface area contributed by atoms with Crippen molar-refractivity contribution in [3.8, 4) is 5.75 Å². The first-order valence-electron chi connectivity index (χ1n) is 9.64. The average Bonchev–Trinajstić information content (AvgIpc) is 2.68. The molecule has 0 amide bonds. The van der Waals surface area contributed by atoms with E-state index in [0.717, 1.165) is 35.4 Å². The predicted octanol–water partition coefficient (Wildman–Crippen LogP) is 4.41. The molecule has 0 radical (unpaired) electrons. The lowest BCUT2D eigenvalue weighted by Gasteiger charge is -2.33. The van der Waals surface area contributed by atoms with Crippen LogP contribution in [0.3, 0.4) is 0 Å². The molecule has 0 saturated heterocycles. The minimum absolute atomic E-state index is 0.190. The number of thiocarbonyl (C=S) groups is 1. The summed E-state index contributed by atoms with van der Waals surface area (Å²) in [5.41, 5.74) is 6.39. The first kappa shape index (κ1) is 18.7. The van der Waals surface area contributed by atoms with E-state index in [1.165, 1.54) is 16.7 Å². The molecule has 2 aromatic carbocycles. The van der Waals surface area contributed by atoms with Crippen molar-refractivity contribution in [1.29, 1.82) is 0 Å². The van der Waals surface area contributed by atoms with E-state index in [4.69, 9.17) is 17.0 Å². The van der Waals surface area contributed by atoms with Crippen LogP contribution in [-0.4, -0.2) is 10.9 Å². The van der Waals surface area contributed by atoms with Gasteiger partial charge in [0, 0.05) is 17.7 Å². The van der Waals surface area contributed by atoms with Crippen molar-refractivity contribution in [2.24, 2.45) is 0 Å². The molecule has 2 aromatic rings. The number of nitrogens with one attached hydrogen (secondary N) is 2. The SMILES string of the molecule is Cc1ccc(C)c(COc2cccc(C3NC(=S)NC4=C3C(=O)CCC4)c2)c1. The van der Waals surface area contributed by atoms with Gasteiger partial charge in [-0.15, -0.1) is 0 Å². The van der Waals surface area contributed by atoms with Gasteiger partial charge in [-0.05, 0) is 67.7 Å². The molecular weight excluding hydrogens is 368 g/mol. The van der Waals surface area contributed by atoms with Gasteiger partial charge in [-0.1, -0.05) is 35.9 Å². The van der Waals surface area contributed by atoms with Crippen molar-refractivity contribution in [2.45, 2.75) is 45.8 Å². The number of allylic oxidation sites excluding steroid dienone is 1. The van der Waals surface area contributed by atoms with Gasteiger partial charge in [-0.25, -0.2) is 0 Å². The first-order valence-corrected chi connectivity index (χ1v) is 10.0. The number of Topliss-reactive ketones (excluding diaryl/α,β-unsaturated/α-hetero) is 1. The van der Waals surface area contributed by atoms with E-state index >= 15 is 0 Å². The number of ether oxygens (including phenoxy) is 1. The third-order valence-corrected chi connectivity index (χ3v) is 5.59. The lowest BCUT2D eigenvalue weighted by Crippen LogP contribution is -2.46. The van der Waals surface area contributed by atoms with Gasteiger partial charge in [0.05, 0.1) is 6.04 Å². The Hall–Kier alpha value is -2.66. The van der Waals surface area contributed by atoms with Crippen LogP contribution in [0.4, 0.5) is 0 Å². The molecule has 144 valence electrons. The van der Waals surface area contributed by atoms with Crippen molar-refractivity contribution < 1.29 is 9.53 Å². The molecule has 2 aliphatic rings. The van der Waals surface area contributed by atoms with Gasteiger partial charge in [0.2, 0.25) is 0 Å². The fourth-order valence-electron chi connectivity index (χ4n) is 3.86. The van der Waals surface area contributed by atoms with E-state index < -0.39 is 0 Å². The molecule has 0 saturated carbocycles. The summed E-state index contributed by atoms with van der Waals surface area (Å²) in [6.07, 6.45) is 2.33. The quantitative estimate of drug-likeness (QED) is 0.755. The highest BCUT2D eigenvalue weighted by Crippen LogP contribution is 2.34. The summed E-state index contributed by atoms with van der Waals surface area (Å²) in [6, 6.07) is 14.1. The van der Waals surface area contributed by atoms with Gasteiger partial charge in [0.15, 0.2) is 10.9 Å². The molecule has 5 heteroatoms. The standard InChI is InChI=1S/C23H24N2O2S/c1-14-9-10-15(2)17(11-14)13-27-18-6-3-5-16(12-18)22-21-19(24-23(28)25-22)7-4-8-20(21)26/h3,5-6,9-12,22H,4,7-8,13H2,1-2H3,(H2,24,25,28). The Kier molecular flexibility index (Phi) is 5.18. The minimum Gasteiger partial charge on any atom is -0.489 e. The second kappa shape index (κ2) is 7.76. The van der Waals surface area contributed by atoms with Crippen LogP contribution in [0.15, 0.2) is 53.7 Å². The molecule has 4 nitrogen and oxygen atoms in total. The molecule has 1 atom stereocenters. The van der Waals surface area contributed by atoms with Crippen LogP contribution >= 0.6 is 12.2 Å². The maximum absolute atomic E-state index is 12.6. The van der Waals surface area contributed by atoms with Crippen LogP contribution < -0.4 is 15.4 Å². The normalized spacial score (nSPS) is 19.0. The Morgan fingerprint density at radius 3 is 2.86 bits per heavy atom. The number of hydrogen-bond acceptors (Lipinski definition) is 3. The zero-order chi connectivity index (χ0) is 19.7. The second-order valence-corrected chi connectivity index (χ2v) is 7.90. The van der Waals surface area contributed by atoms with Crippen molar-refractivity contribution in [2.75, 3.05) is 0 Å². The number of carbonyl (C=O) groups is 1. The third-order valence-electron chi connectivity index (χ3n) is 5.38. The zero-order valence-corrected chi connectivity index (χ0v) is 17.0. The summed E-state index contributed by atoms with van der Waals surface area (Å²) in [7, 11) is 0. The Balaban J connectivity index is 1.59. The number of carbonyl (C=O) groups excluding carboxylic acids is 1. The smallest absolute Gasteiger partial charge is 0.171 e. The number of aryl methyl sites for hydroxylation is 2. The monoisotopic (exact) mass is 392 g/mol. The predicted molar refractivity (Wildman–Crippen MR) is 114 cm³/mol. The third kappa shape index (κ3) is 3.80. The second-order valence-electron chi connectivity index (χ2n) is 7.49.